The maximum Gasteiger partial charge on any atom is 0.272 e. The van der Waals surface area contributed by atoms with E-state index in [0.29, 0.717) is 80.3 Å². The minimum atomic E-state index is -4.41. The van der Waals surface area contributed by atoms with E-state index in [1.807, 2.05) is 82.3 Å². The third kappa shape index (κ3) is 9.69. The first kappa shape index (κ1) is 47.8. The van der Waals surface area contributed by atoms with Crippen molar-refractivity contribution in [1.29, 1.82) is 0 Å². The van der Waals surface area contributed by atoms with Crippen LogP contribution in [0.4, 0.5) is 17.1 Å². The second-order valence-electron chi connectivity index (χ2n) is 19.6. The number of carbonyl (C=O) groups is 3. The molecule has 5 aromatic carbocycles. The third-order valence-corrected chi connectivity index (χ3v) is 16.0. The zero-order valence-electron chi connectivity index (χ0n) is 39.3. The van der Waals surface area contributed by atoms with Gasteiger partial charge in [-0.15, -0.1) is 0 Å². The Balaban J connectivity index is 1.01. The number of aryl methyl sites for hydroxylation is 1. The molecule has 69 heavy (non-hydrogen) atoms. The minimum absolute atomic E-state index is 0.0195. The third-order valence-electron chi connectivity index (χ3n) is 13.4. The lowest BCUT2D eigenvalue weighted by atomic mass is 9.91. The van der Waals surface area contributed by atoms with E-state index in [9.17, 15) is 35.8 Å². The van der Waals surface area contributed by atoms with Gasteiger partial charge in [-0.25, -0.2) is 0 Å². The fourth-order valence-corrected chi connectivity index (χ4v) is 12.5. The Morgan fingerprint density at radius 2 is 1.25 bits per heavy atom. The Kier molecular flexibility index (Phi) is 12.6. The Morgan fingerprint density at radius 3 is 1.84 bits per heavy atom. The van der Waals surface area contributed by atoms with Crippen molar-refractivity contribution in [3.05, 3.63) is 141 Å². The highest BCUT2D eigenvalue weighted by Gasteiger charge is 2.48. The predicted octanol–water partition coefficient (Wildman–Crippen LogP) is 7.64. The van der Waals surface area contributed by atoms with E-state index in [4.69, 9.17) is 18.4 Å². The molecule has 4 aliphatic rings. The van der Waals surface area contributed by atoms with E-state index in [2.05, 4.69) is 5.32 Å². The summed E-state index contributed by atoms with van der Waals surface area (Å²) in [7, 11) is -5.90. The summed E-state index contributed by atoms with van der Waals surface area (Å²) in [5.41, 5.74) is 7.14. The van der Waals surface area contributed by atoms with Crippen LogP contribution < -0.4 is 29.3 Å². The minimum Gasteiger partial charge on any atom is -0.493 e. The molecule has 0 aromatic heterocycles. The Morgan fingerprint density at radius 1 is 0.696 bits per heavy atom. The fourth-order valence-electron chi connectivity index (χ4n) is 10.4. The number of carbonyl (C=O) groups excluding carboxylic acids is 3. The van der Waals surface area contributed by atoms with Gasteiger partial charge in [0.05, 0.1) is 26.0 Å². The van der Waals surface area contributed by atoms with E-state index >= 15 is 0 Å². The lowest BCUT2D eigenvalue weighted by molar-refractivity contribution is -0.117. The summed E-state index contributed by atoms with van der Waals surface area (Å²) in [5, 5.41) is 1.98. The van der Waals surface area contributed by atoms with Gasteiger partial charge in [0.25, 0.3) is 32.1 Å². The molecule has 2 N–H and O–H groups in total. The van der Waals surface area contributed by atoms with Crippen molar-refractivity contribution in [3.63, 3.8) is 0 Å². The Labute approximate surface area is 402 Å². The highest BCUT2D eigenvalue weighted by molar-refractivity contribution is 7.87. The van der Waals surface area contributed by atoms with E-state index in [-0.39, 0.29) is 61.4 Å². The van der Waals surface area contributed by atoms with Gasteiger partial charge in [0.2, 0.25) is 5.91 Å². The molecule has 4 aliphatic heterocycles. The molecule has 3 amide bonds. The smallest absolute Gasteiger partial charge is 0.272 e. The van der Waals surface area contributed by atoms with Gasteiger partial charge in [0.15, 0.2) is 11.5 Å². The van der Waals surface area contributed by atoms with Crippen molar-refractivity contribution >= 4 is 55.0 Å². The normalized spacial score (nSPS) is 19.6. The Bertz CT molecular complexity index is 3130. The molecule has 2 unspecified atom stereocenters. The SMILES string of the molecule is COc1cc2c(cc1OCc1cc(COc3cc4c(cc3C)C(=O)N3c5ccccc5C[C@H]3C(S(=O)(=O)OC)C4)cc(NC(=O)CC(C)(C)C)c1)CC(CS(=O)(=O)O)[C@@H]1Cc3ccccc3N1C2=O. The maximum atomic E-state index is 14.4. The van der Waals surface area contributed by atoms with Crippen LogP contribution >= 0.6 is 0 Å². The number of ether oxygens (including phenoxy) is 3. The topological polar surface area (TPSA) is 195 Å². The van der Waals surface area contributed by atoms with Crippen molar-refractivity contribution in [3.8, 4) is 17.2 Å². The first-order chi connectivity index (χ1) is 32.7. The number of amides is 3. The number of para-hydroxylation sites is 2. The predicted molar refractivity (Wildman–Crippen MR) is 260 cm³/mol. The summed E-state index contributed by atoms with van der Waals surface area (Å²) in [6.45, 7) is 7.73. The number of rotatable bonds is 13. The van der Waals surface area contributed by atoms with Crippen LogP contribution in [0.1, 0.15) is 86.9 Å². The highest BCUT2D eigenvalue weighted by atomic mass is 32.2. The molecule has 17 heteroatoms. The second-order valence-corrected chi connectivity index (χ2v) is 23.0. The van der Waals surface area contributed by atoms with Crippen LogP contribution in [0.25, 0.3) is 0 Å². The van der Waals surface area contributed by atoms with Crippen molar-refractivity contribution in [1.82, 2.24) is 0 Å². The molecule has 0 fully saturated rings. The molecule has 5 aromatic rings. The quantitative estimate of drug-likeness (QED) is 0.0866. The summed E-state index contributed by atoms with van der Waals surface area (Å²) >= 11 is 0. The molecule has 9 rings (SSSR count). The van der Waals surface area contributed by atoms with Gasteiger partial charge in [-0.3, -0.25) is 23.1 Å². The summed E-state index contributed by atoms with van der Waals surface area (Å²) < 4.78 is 85.6. The van der Waals surface area contributed by atoms with Gasteiger partial charge in [-0.05, 0) is 132 Å². The molecule has 15 nitrogen and oxygen atoms in total. The van der Waals surface area contributed by atoms with Crippen LogP contribution in [-0.2, 0) is 68.1 Å². The number of methoxy groups -OCH3 is 1. The molecule has 0 saturated carbocycles. The Hall–Kier alpha value is -6.27. The lowest BCUT2D eigenvalue weighted by Gasteiger charge is -2.28. The largest absolute Gasteiger partial charge is 0.493 e. The van der Waals surface area contributed by atoms with Crippen LogP contribution in [0.15, 0.2) is 91.0 Å². The summed E-state index contributed by atoms with van der Waals surface area (Å²) in [6, 6.07) is 25.9. The van der Waals surface area contributed by atoms with Crippen molar-refractivity contribution < 1.29 is 54.2 Å². The van der Waals surface area contributed by atoms with Crippen molar-refractivity contribution in [2.75, 3.05) is 35.1 Å². The van der Waals surface area contributed by atoms with Gasteiger partial charge in [-0.2, -0.15) is 16.8 Å². The van der Waals surface area contributed by atoms with E-state index in [1.54, 1.807) is 46.2 Å². The summed E-state index contributed by atoms with van der Waals surface area (Å²) in [5.74, 6) is -0.955. The summed E-state index contributed by atoms with van der Waals surface area (Å²) in [6.07, 6.45) is 1.24. The number of benzene rings is 5. The zero-order valence-corrected chi connectivity index (χ0v) is 40.9. The van der Waals surface area contributed by atoms with Crippen LogP contribution in [0.2, 0.25) is 0 Å². The molecule has 0 radical (unpaired) electrons. The lowest BCUT2D eigenvalue weighted by Crippen LogP contribution is -2.47. The number of nitrogens with one attached hydrogen (secondary N) is 1. The average molecular weight is 978 g/mol. The molecule has 0 aliphatic carbocycles. The molecule has 362 valence electrons. The second kappa shape index (κ2) is 18.2. The fraction of sp³-hybridized carbons (Fsp3) is 0.365. The van der Waals surface area contributed by atoms with Gasteiger partial charge < -0.3 is 29.3 Å². The number of fused-ring (bicyclic) bond motifs is 8. The molecular formula is C52H55N3O12S2. The van der Waals surface area contributed by atoms with Crippen molar-refractivity contribution in [2.24, 2.45) is 11.3 Å². The first-order valence-corrected chi connectivity index (χ1v) is 25.9. The van der Waals surface area contributed by atoms with Crippen LogP contribution in [0.5, 0.6) is 17.2 Å². The zero-order chi connectivity index (χ0) is 49.2. The number of nitrogens with zero attached hydrogens (tertiary/aromatic N) is 2. The van der Waals surface area contributed by atoms with Gasteiger partial charge in [-0.1, -0.05) is 57.2 Å². The molecule has 4 heterocycles. The van der Waals surface area contributed by atoms with Gasteiger partial charge >= 0.3 is 0 Å². The highest BCUT2D eigenvalue weighted by Crippen LogP contribution is 2.44. The maximum absolute atomic E-state index is 14.4. The average Bonchev–Trinajstić information content (AvgIpc) is 3.81. The number of hydrogen-bond donors (Lipinski definition) is 2. The first-order valence-electron chi connectivity index (χ1n) is 22.8. The standard InChI is InChI=1S/C52H55N3O12S2/c1-30-15-39-36(24-48(69(62,63)65-6)44-21-34-12-8-10-14-42(34)55(44)50(39)57)22-45(30)66-27-31-16-32(18-38(17-31)53-49(56)26-52(2,3)4)28-67-47-23-35-19-37(29-68(59,60)61)43-20-33-11-7-9-13-41(33)54(43)51(58)40(35)25-46(47)64-5/h7-18,22-23,25,37,43-44,48H,19-21,24,26-29H2,1-6H3,(H,53,56)(H,59,60,61)/t37?,43-,44-,48?/m0/s1. The van der Waals surface area contributed by atoms with Crippen molar-refractivity contribution in [2.45, 2.75) is 90.3 Å². The van der Waals surface area contributed by atoms with Crippen LogP contribution in [0.3, 0.4) is 0 Å². The van der Waals surface area contributed by atoms with E-state index in [0.717, 1.165) is 18.2 Å². The van der Waals surface area contributed by atoms with Gasteiger partial charge in [0, 0.05) is 46.6 Å². The molecule has 0 spiro atoms. The molecular weight excluding hydrogens is 923 g/mol. The van der Waals surface area contributed by atoms with Gasteiger partial charge in [0.1, 0.15) is 24.2 Å². The number of hydrogen-bond acceptors (Lipinski definition) is 11. The van der Waals surface area contributed by atoms with Crippen LogP contribution in [-0.4, -0.2) is 76.4 Å². The molecule has 0 saturated heterocycles. The summed E-state index contributed by atoms with van der Waals surface area (Å²) in [4.78, 5) is 45.2. The number of anilines is 3. The monoisotopic (exact) mass is 977 g/mol. The molecule has 4 atom stereocenters. The molecule has 0 bridgehead atoms. The van der Waals surface area contributed by atoms with E-state index in [1.165, 1.54) is 7.11 Å². The van der Waals surface area contributed by atoms with Crippen LogP contribution in [0, 0.1) is 18.3 Å². The van der Waals surface area contributed by atoms with E-state index < -0.39 is 49.2 Å².